The fourth-order valence-corrected chi connectivity index (χ4v) is 2.77. The van der Waals surface area contributed by atoms with Gasteiger partial charge in [0.2, 0.25) is 0 Å². The van der Waals surface area contributed by atoms with E-state index in [-0.39, 0.29) is 12.5 Å². The Balaban J connectivity index is 1.60. The van der Waals surface area contributed by atoms with Crippen molar-refractivity contribution in [2.75, 3.05) is 6.61 Å². The van der Waals surface area contributed by atoms with Crippen molar-refractivity contribution in [1.82, 2.24) is 5.43 Å². The van der Waals surface area contributed by atoms with Gasteiger partial charge in [0.15, 0.2) is 6.61 Å². The van der Waals surface area contributed by atoms with Crippen LogP contribution in [-0.4, -0.2) is 18.2 Å². The third kappa shape index (κ3) is 3.90. The molecule has 0 radical (unpaired) electrons. The number of nitrogens with one attached hydrogen (secondary N) is 1. The van der Waals surface area contributed by atoms with Crippen LogP contribution in [0.3, 0.4) is 0 Å². The Bertz CT molecular complexity index is 743. The molecule has 0 spiro atoms. The van der Waals surface area contributed by atoms with E-state index in [1.807, 2.05) is 24.3 Å². The second kappa shape index (κ2) is 7.29. The van der Waals surface area contributed by atoms with Crippen molar-refractivity contribution in [3.05, 3.63) is 64.7 Å². The van der Waals surface area contributed by atoms with Gasteiger partial charge in [-0.2, -0.15) is 5.10 Å². The second-order valence-electron chi connectivity index (χ2n) is 5.32. The van der Waals surface area contributed by atoms with Crippen molar-refractivity contribution >= 4 is 23.2 Å². The van der Waals surface area contributed by atoms with Gasteiger partial charge in [-0.15, -0.1) is 0 Å². The van der Waals surface area contributed by atoms with E-state index in [2.05, 4.69) is 16.6 Å². The molecule has 3 rings (SSSR count). The summed E-state index contributed by atoms with van der Waals surface area (Å²) in [5.41, 5.74) is 5.87. The monoisotopic (exact) mass is 328 g/mol. The molecule has 0 aromatic heterocycles. The zero-order valence-corrected chi connectivity index (χ0v) is 13.3. The molecular weight excluding hydrogens is 312 g/mol. The fraction of sp³-hybridized carbons (Fsp3) is 0.222. The summed E-state index contributed by atoms with van der Waals surface area (Å²) >= 11 is 5.98. The molecule has 5 heteroatoms. The van der Waals surface area contributed by atoms with E-state index < -0.39 is 0 Å². The minimum absolute atomic E-state index is 0.123. The van der Waals surface area contributed by atoms with Gasteiger partial charge in [0.05, 0.1) is 10.7 Å². The zero-order chi connectivity index (χ0) is 16.1. The van der Waals surface area contributed by atoms with Crippen molar-refractivity contribution in [1.29, 1.82) is 0 Å². The molecule has 2 aromatic rings. The summed E-state index contributed by atoms with van der Waals surface area (Å²) in [4.78, 5) is 11.9. The van der Waals surface area contributed by atoms with Gasteiger partial charge in [0.1, 0.15) is 5.75 Å². The van der Waals surface area contributed by atoms with Crippen LogP contribution >= 0.6 is 11.6 Å². The highest BCUT2D eigenvalue weighted by molar-refractivity contribution is 6.32. The van der Waals surface area contributed by atoms with Gasteiger partial charge in [-0.3, -0.25) is 4.79 Å². The number of fused-ring (bicyclic) bond motifs is 1. The molecule has 1 amide bonds. The first-order valence-electron chi connectivity index (χ1n) is 7.55. The van der Waals surface area contributed by atoms with E-state index >= 15 is 0 Å². The van der Waals surface area contributed by atoms with E-state index in [9.17, 15) is 4.79 Å². The predicted octanol–water partition coefficient (Wildman–Crippen LogP) is 3.58. The smallest absolute Gasteiger partial charge is 0.277 e. The Labute approximate surface area is 140 Å². The lowest BCUT2D eigenvalue weighted by atomic mass is 9.90. The van der Waals surface area contributed by atoms with Gasteiger partial charge in [-0.05, 0) is 37.0 Å². The Kier molecular flexibility index (Phi) is 4.93. The number of carbonyl (C=O) groups excluding carboxylic acids is 1. The lowest BCUT2D eigenvalue weighted by Gasteiger charge is -2.17. The van der Waals surface area contributed by atoms with Crippen molar-refractivity contribution < 1.29 is 9.53 Å². The highest BCUT2D eigenvalue weighted by atomic mass is 35.5. The zero-order valence-electron chi connectivity index (χ0n) is 12.6. The molecule has 0 bridgehead atoms. The first-order valence-corrected chi connectivity index (χ1v) is 7.93. The first kappa shape index (κ1) is 15.6. The first-order chi connectivity index (χ1) is 11.2. The number of ether oxygens (including phenoxy) is 1. The van der Waals surface area contributed by atoms with Gasteiger partial charge in [0, 0.05) is 5.56 Å². The molecule has 0 aliphatic heterocycles. The van der Waals surface area contributed by atoms with Gasteiger partial charge < -0.3 is 4.74 Å². The van der Waals surface area contributed by atoms with E-state index in [0.717, 1.165) is 30.5 Å². The number of hydrogen-bond acceptors (Lipinski definition) is 3. The van der Waals surface area contributed by atoms with Crippen LogP contribution in [-0.2, 0) is 11.2 Å². The minimum atomic E-state index is -0.305. The van der Waals surface area contributed by atoms with Gasteiger partial charge in [-0.1, -0.05) is 48.0 Å². The maximum Gasteiger partial charge on any atom is 0.277 e. The fourth-order valence-electron chi connectivity index (χ4n) is 2.58. The number of halogens is 1. The van der Waals surface area contributed by atoms with Crippen molar-refractivity contribution in [3.63, 3.8) is 0 Å². The van der Waals surface area contributed by atoms with Crippen molar-refractivity contribution in [2.24, 2.45) is 5.10 Å². The average Bonchev–Trinajstić information content (AvgIpc) is 2.59. The van der Waals surface area contributed by atoms with Crippen molar-refractivity contribution in [3.8, 4) is 5.75 Å². The van der Waals surface area contributed by atoms with Crippen LogP contribution in [0.25, 0.3) is 0 Å². The molecule has 118 valence electrons. The molecule has 4 nitrogen and oxygen atoms in total. The lowest BCUT2D eigenvalue weighted by Crippen LogP contribution is -2.27. The van der Waals surface area contributed by atoms with E-state index in [4.69, 9.17) is 16.3 Å². The summed E-state index contributed by atoms with van der Waals surface area (Å²) in [5.74, 6) is 0.181. The summed E-state index contributed by atoms with van der Waals surface area (Å²) in [5, 5.41) is 4.74. The summed E-state index contributed by atoms with van der Waals surface area (Å²) in [6.45, 7) is -0.123. The van der Waals surface area contributed by atoms with Gasteiger partial charge in [-0.25, -0.2) is 5.43 Å². The number of hydrogen-bond donors (Lipinski definition) is 1. The minimum Gasteiger partial charge on any atom is -0.482 e. The van der Waals surface area contributed by atoms with E-state index in [1.165, 1.54) is 5.56 Å². The molecule has 0 atom stereocenters. The highest BCUT2D eigenvalue weighted by Gasteiger charge is 2.15. The SMILES string of the molecule is O=C(COc1ccccc1Cl)N/N=C1\CCCc2ccccc21. The van der Waals surface area contributed by atoms with E-state index in [1.54, 1.807) is 18.2 Å². The van der Waals surface area contributed by atoms with Gasteiger partial charge >= 0.3 is 0 Å². The normalized spacial score (nSPS) is 15.1. The average molecular weight is 329 g/mol. The predicted molar refractivity (Wildman–Crippen MR) is 91.0 cm³/mol. The number of benzene rings is 2. The number of rotatable bonds is 4. The van der Waals surface area contributed by atoms with Crippen LogP contribution in [0, 0.1) is 0 Å². The van der Waals surface area contributed by atoms with Crippen LogP contribution < -0.4 is 10.2 Å². The summed E-state index contributed by atoms with van der Waals surface area (Å²) in [6.07, 6.45) is 2.96. The molecule has 0 heterocycles. The maximum atomic E-state index is 11.9. The van der Waals surface area contributed by atoms with Crippen LogP contribution in [0.4, 0.5) is 0 Å². The number of carbonyl (C=O) groups is 1. The maximum absolute atomic E-state index is 11.9. The molecule has 0 fully saturated rings. The number of para-hydroxylation sites is 1. The molecule has 23 heavy (non-hydrogen) atoms. The van der Waals surface area contributed by atoms with Crippen LogP contribution in [0.2, 0.25) is 5.02 Å². The summed E-state index contributed by atoms with van der Waals surface area (Å²) in [6, 6.07) is 15.2. The Hall–Kier alpha value is -2.33. The third-order valence-corrected chi connectivity index (χ3v) is 4.01. The molecule has 1 aliphatic rings. The second-order valence-corrected chi connectivity index (χ2v) is 5.73. The molecule has 0 saturated carbocycles. The Morgan fingerprint density at radius 3 is 2.78 bits per heavy atom. The van der Waals surface area contributed by atoms with Crippen LogP contribution in [0.1, 0.15) is 24.0 Å². The standard InChI is InChI=1S/C18H17ClN2O2/c19-15-9-3-4-11-17(15)23-12-18(22)21-20-16-10-5-7-13-6-1-2-8-14(13)16/h1-4,6,8-9,11H,5,7,10,12H2,(H,21,22)/b20-16+. The topological polar surface area (TPSA) is 50.7 Å². The van der Waals surface area contributed by atoms with Crippen molar-refractivity contribution in [2.45, 2.75) is 19.3 Å². The lowest BCUT2D eigenvalue weighted by molar-refractivity contribution is -0.123. The van der Waals surface area contributed by atoms with Crippen LogP contribution in [0.5, 0.6) is 5.75 Å². The number of nitrogens with zero attached hydrogens (tertiary/aromatic N) is 1. The van der Waals surface area contributed by atoms with E-state index in [0.29, 0.717) is 10.8 Å². The molecular formula is C18H17ClN2O2. The molecule has 0 saturated heterocycles. The summed E-state index contributed by atoms with van der Waals surface area (Å²) < 4.78 is 5.39. The third-order valence-electron chi connectivity index (χ3n) is 3.70. The Morgan fingerprint density at radius 2 is 1.91 bits per heavy atom. The molecule has 1 N–H and O–H groups in total. The summed E-state index contributed by atoms with van der Waals surface area (Å²) in [7, 11) is 0. The van der Waals surface area contributed by atoms with Crippen LogP contribution in [0.15, 0.2) is 53.6 Å². The largest absolute Gasteiger partial charge is 0.482 e. The highest BCUT2D eigenvalue weighted by Crippen LogP contribution is 2.23. The molecule has 1 aliphatic carbocycles. The number of amides is 1. The number of aryl methyl sites for hydroxylation is 1. The Morgan fingerprint density at radius 1 is 1.13 bits per heavy atom. The molecule has 2 aromatic carbocycles. The number of hydrazone groups is 1. The molecule has 0 unspecified atom stereocenters. The quantitative estimate of drug-likeness (QED) is 0.872. The van der Waals surface area contributed by atoms with Gasteiger partial charge in [0.25, 0.3) is 5.91 Å².